The molecule has 138 valence electrons. The first-order valence-corrected chi connectivity index (χ1v) is 9.79. The molecule has 1 amide bonds. The molecule has 0 unspecified atom stereocenters. The molecule has 3 rings (SSSR count). The topological polar surface area (TPSA) is 122 Å². The van der Waals surface area contributed by atoms with Crippen LogP contribution < -0.4 is 5.32 Å². The average molecular weight is 370 g/mol. The molecule has 1 spiro atoms. The van der Waals surface area contributed by atoms with Gasteiger partial charge in [0.15, 0.2) is 0 Å². The van der Waals surface area contributed by atoms with Crippen molar-refractivity contribution in [3.63, 3.8) is 0 Å². The number of carbonyl (C=O) groups is 2. The number of aliphatic carboxylic acids is 1. The molecule has 1 aromatic rings. The minimum Gasteiger partial charge on any atom is -0.481 e. The van der Waals surface area contributed by atoms with Crippen molar-refractivity contribution in [2.24, 2.45) is 5.92 Å². The number of aromatic nitrogens is 2. The molecule has 2 aliphatic rings. The van der Waals surface area contributed by atoms with Crippen molar-refractivity contribution in [3.05, 3.63) is 12.4 Å². The van der Waals surface area contributed by atoms with Crippen LogP contribution in [-0.2, 0) is 26.2 Å². The number of nitrogens with one attached hydrogen (secondary N) is 1. The number of piperidine rings is 1. The largest absolute Gasteiger partial charge is 0.481 e. The Morgan fingerprint density at radius 1 is 1.44 bits per heavy atom. The van der Waals surface area contributed by atoms with Crippen molar-refractivity contribution >= 4 is 21.9 Å². The number of carboxylic acids is 1. The second kappa shape index (κ2) is 6.41. The van der Waals surface area contributed by atoms with Crippen LogP contribution in [0.2, 0.25) is 0 Å². The molecule has 25 heavy (non-hydrogen) atoms. The third-order valence-electron chi connectivity index (χ3n) is 5.06. The van der Waals surface area contributed by atoms with Crippen LogP contribution in [0.3, 0.4) is 0 Å². The van der Waals surface area contributed by atoms with E-state index in [0.29, 0.717) is 6.54 Å². The number of sulfonamides is 1. The van der Waals surface area contributed by atoms with E-state index in [1.165, 1.54) is 16.7 Å². The monoisotopic (exact) mass is 370 g/mol. The second-order valence-corrected chi connectivity index (χ2v) is 8.58. The Balaban J connectivity index is 1.75. The van der Waals surface area contributed by atoms with E-state index >= 15 is 0 Å². The number of hydrogen-bond donors (Lipinski definition) is 2. The van der Waals surface area contributed by atoms with Crippen molar-refractivity contribution < 1.29 is 23.1 Å². The highest BCUT2D eigenvalue weighted by molar-refractivity contribution is 7.89. The summed E-state index contributed by atoms with van der Waals surface area (Å²) in [6.45, 7) is 2.97. The highest BCUT2D eigenvalue weighted by atomic mass is 32.2. The Labute approximate surface area is 146 Å². The fourth-order valence-corrected chi connectivity index (χ4v) is 5.09. The van der Waals surface area contributed by atoms with E-state index in [9.17, 15) is 23.1 Å². The third-order valence-corrected chi connectivity index (χ3v) is 6.91. The van der Waals surface area contributed by atoms with Crippen LogP contribution >= 0.6 is 0 Å². The molecule has 2 N–H and O–H groups in total. The van der Waals surface area contributed by atoms with E-state index in [0.717, 1.165) is 6.42 Å². The number of amides is 1. The first-order chi connectivity index (χ1) is 11.8. The quantitative estimate of drug-likeness (QED) is 0.754. The predicted molar refractivity (Wildman–Crippen MR) is 87.1 cm³/mol. The van der Waals surface area contributed by atoms with E-state index < -0.39 is 27.4 Å². The summed E-state index contributed by atoms with van der Waals surface area (Å²) in [7, 11) is -3.67. The van der Waals surface area contributed by atoms with Gasteiger partial charge in [-0.05, 0) is 19.3 Å². The Kier molecular flexibility index (Phi) is 4.58. The van der Waals surface area contributed by atoms with Crippen LogP contribution in [0, 0.1) is 5.92 Å². The smallest absolute Gasteiger partial charge is 0.309 e. The number of rotatable bonds is 5. The fraction of sp³-hybridized carbons (Fsp3) is 0.667. The molecular weight excluding hydrogens is 348 g/mol. The first-order valence-electron chi connectivity index (χ1n) is 8.35. The van der Waals surface area contributed by atoms with Gasteiger partial charge in [-0.1, -0.05) is 6.92 Å². The molecule has 0 radical (unpaired) electrons. The molecule has 10 heteroatoms. The lowest BCUT2D eigenvalue weighted by molar-refractivity contribution is -0.144. The number of carbonyl (C=O) groups excluding carboxylic acids is 1. The number of carboxylic acid groups (broad SMARTS) is 1. The van der Waals surface area contributed by atoms with Gasteiger partial charge in [-0.15, -0.1) is 0 Å². The fourth-order valence-electron chi connectivity index (χ4n) is 3.70. The van der Waals surface area contributed by atoms with Crippen LogP contribution in [0.15, 0.2) is 17.3 Å². The zero-order chi connectivity index (χ0) is 18.2. The summed E-state index contributed by atoms with van der Waals surface area (Å²) < 4.78 is 28.4. The van der Waals surface area contributed by atoms with E-state index in [1.807, 2.05) is 6.92 Å². The molecule has 1 aromatic heterocycles. The summed E-state index contributed by atoms with van der Waals surface area (Å²) in [4.78, 5) is 23.3. The highest BCUT2D eigenvalue weighted by Gasteiger charge is 2.52. The lowest BCUT2D eigenvalue weighted by atomic mass is 9.78. The number of aryl methyl sites for hydroxylation is 1. The molecule has 0 bridgehead atoms. The Bertz CT molecular complexity index is 780. The van der Waals surface area contributed by atoms with Crippen LogP contribution in [-0.4, -0.2) is 58.1 Å². The molecule has 3 heterocycles. The Morgan fingerprint density at radius 3 is 2.72 bits per heavy atom. The van der Waals surface area contributed by atoms with E-state index in [2.05, 4.69) is 10.4 Å². The summed E-state index contributed by atoms with van der Waals surface area (Å²) in [5.41, 5.74) is -0.846. The van der Waals surface area contributed by atoms with E-state index in [1.54, 1.807) is 4.68 Å². The zero-order valence-corrected chi connectivity index (χ0v) is 14.8. The van der Waals surface area contributed by atoms with Crippen LogP contribution in [0.25, 0.3) is 0 Å². The molecular formula is C15H22N4O5S. The van der Waals surface area contributed by atoms with E-state index in [4.69, 9.17) is 0 Å². The molecule has 0 saturated carbocycles. The van der Waals surface area contributed by atoms with Crippen LogP contribution in [0.4, 0.5) is 0 Å². The van der Waals surface area contributed by atoms with Gasteiger partial charge in [-0.3, -0.25) is 14.3 Å². The van der Waals surface area contributed by atoms with Gasteiger partial charge in [0, 0.05) is 32.3 Å². The van der Waals surface area contributed by atoms with Gasteiger partial charge in [0.25, 0.3) is 0 Å². The maximum atomic E-state index is 12.8. The molecule has 0 aliphatic carbocycles. The summed E-state index contributed by atoms with van der Waals surface area (Å²) >= 11 is 0. The molecule has 2 saturated heterocycles. The van der Waals surface area contributed by atoms with Gasteiger partial charge in [0.1, 0.15) is 4.90 Å². The normalized spacial score (nSPS) is 23.7. The molecule has 2 fully saturated rings. The summed E-state index contributed by atoms with van der Waals surface area (Å²) in [5, 5.41) is 16.2. The van der Waals surface area contributed by atoms with Crippen molar-refractivity contribution in [1.29, 1.82) is 0 Å². The lowest BCUT2D eigenvalue weighted by Crippen LogP contribution is -2.56. The van der Waals surface area contributed by atoms with Crippen molar-refractivity contribution in [2.75, 3.05) is 13.1 Å². The summed E-state index contributed by atoms with van der Waals surface area (Å²) in [5.74, 6) is -2.11. The SMILES string of the molecule is CCCn1cc(S(=O)(=O)N2CCC3(CC2)NC(=O)C[C@@H]3C(=O)O)cn1. The molecule has 1 atom stereocenters. The molecule has 9 nitrogen and oxygen atoms in total. The summed E-state index contributed by atoms with van der Waals surface area (Å²) in [6.07, 6.45) is 4.24. The maximum absolute atomic E-state index is 12.8. The van der Waals surface area contributed by atoms with Crippen molar-refractivity contribution in [2.45, 2.75) is 49.6 Å². The first kappa shape index (κ1) is 17.9. The Hall–Kier alpha value is -1.94. The van der Waals surface area contributed by atoms with Crippen molar-refractivity contribution in [1.82, 2.24) is 19.4 Å². The van der Waals surface area contributed by atoms with Gasteiger partial charge in [0.2, 0.25) is 15.9 Å². The standard InChI is InChI=1S/C15H22N4O5S/c1-2-5-18-10-11(9-16-18)25(23,24)19-6-3-15(4-7-19)12(14(21)22)8-13(20)17-15/h9-10,12H,2-8H2,1H3,(H,17,20)(H,21,22)/t12-/m1/s1. The van der Waals surface area contributed by atoms with E-state index in [-0.39, 0.29) is 43.2 Å². The minimum atomic E-state index is -3.67. The van der Waals surface area contributed by atoms with Gasteiger partial charge in [0.05, 0.1) is 17.7 Å². The lowest BCUT2D eigenvalue weighted by Gasteiger charge is -2.40. The number of nitrogens with zero attached hydrogens (tertiary/aromatic N) is 3. The molecule has 0 aromatic carbocycles. The van der Waals surface area contributed by atoms with Gasteiger partial charge < -0.3 is 10.4 Å². The maximum Gasteiger partial charge on any atom is 0.309 e. The third kappa shape index (κ3) is 3.15. The van der Waals surface area contributed by atoms with Crippen LogP contribution in [0.1, 0.15) is 32.6 Å². The summed E-state index contributed by atoms with van der Waals surface area (Å²) in [6, 6.07) is 0. The average Bonchev–Trinajstić information content (AvgIpc) is 3.14. The molecule has 2 aliphatic heterocycles. The second-order valence-electron chi connectivity index (χ2n) is 6.64. The Morgan fingerprint density at radius 2 is 2.12 bits per heavy atom. The highest BCUT2D eigenvalue weighted by Crippen LogP contribution is 2.38. The predicted octanol–water partition coefficient (Wildman–Crippen LogP) is 0.0371. The van der Waals surface area contributed by atoms with Gasteiger partial charge in [-0.2, -0.15) is 9.40 Å². The zero-order valence-electron chi connectivity index (χ0n) is 14.0. The van der Waals surface area contributed by atoms with Gasteiger partial charge in [-0.25, -0.2) is 8.42 Å². The van der Waals surface area contributed by atoms with Gasteiger partial charge >= 0.3 is 5.97 Å². The minimum absolute atomic E-state index is 0.0497. The van der Waals surface area contributed by atoms with Crippen molar-refractivity contribution in [3.8, 4) is 0 Å². The van der Waals surface area contributed by atoms with Crippen LogP contribution in [0.5, 0.6) is 0 Å². The number of hydrogen-bond acceptors (Lipinski definition) is 5.